The molecule has 0 N–H and O–H groups in total. The topological polar surface area (TPSA) is 29.5 Å². The lowest BCUT2D eigenvalue weighted by Crippen LogP contribution is -2.34. The van der Waals surface area contributed by atoms with Gasteiger partial charge in [-0.1, -0.05) is 65.9 Å². The van der Waals surface area contributed by atoms with Crippen molar-refractivity contribution in [1.29, 1.82) is 0 Å². The lowest BCUT2D eigenvalue weighted by atomic mass is 10.1. The number of thioether (sulfide) groups is 1. The molecule has 2 aromatic carbocycles. The molecule has 1 aliphatic heterocycles. The van der Waals surface area contributed by atoms with Crippen LogP contribution in [0.25, 0.3) is 6.08 Å². The molecular weight excluding hydrogens is 362 g/mol. The Kier molecular flexibility index (Phi) is 5.79. The first-order chi connectivity index (χ1) is 12.4. The molecule has 3 nitrogen and oxygen atoms in total. The molecule has 26 heavy (non-hydrogen) atoms. The highest BCUT2D eigenvalue weighted by atomic mass is 32.2. The van der Waals surface area contributed by atoms with Crippen LogP contribution in [0.3, 0.4) is 0 Å². The second kappa shape index (κ2) is 8.06. The molecule has 0 saturated carbocycles. The zero-order valence-corrected chi connectivity index (χ0v) is 16.7. The second-order valence-electron chi connectivity index (χ2n) is 6.49. The van der Waals surface area contributed by atoms with Crippen LogP contribution in [0.1, 0.15) is 30.5 Å². The van der Waals surface area contributed by atoms with E-state index in [2.05, 4.69) is 31.2 Å². The zero-order chi connectivity index (χ0) is 18.7. The Bertz CT molecular complexity index is 857. The minimum Gasteiger partial charge on any atom is -0.489 e. The van der Waals surface area contributed by atoms with Gasteiger partial charge in [-0.3, -0.25) is 9.69 Å². The first-order valence-corrected chi connectivity index (χ1v) is 9.72. The third-order valence-corrected chi connectivity index (χ3v) is 5.35. The van der Waals surface area contributed by atoms with Crippen LogP contribution in [-0.4, -0.2) is 21.2 Å². The number of carbonyl (C=O) groups is 1. The van der Waals surface area contributed by atoms with Crippen LogP contribution in [0.2, 0.25) is 0 Å². The molecule has 0 aliphatic carbocycles. The van der Waals surface area contributed by atoms with Gasteiger partial charge >= 0.3 is 0 Å². The lowest BCUT2D eigenvalue weighted by Gasteiger charge is -2.18. The highest BCUT2D eigenvalue weighted by molar-refractivity contribution is 8.26. The van der Waals surface area contributed by atoms with Crippen molar-refractivity contribution < 1.29 is 9.53 Å². The molecular formula is C21H21NO2S2. The van der Waals surface area contributed by atoms with E-state index in [1.165, 1.54) is 17.3 Å². The summed E-state index contributed by atoms with van der Waals surface area (Å²) in [6, 6.07) is 16.1. The lowest BCUT2D eigenvalue weighted by molar-refractivity contribution is -0.123. The van der Waals surface area contributed by atoms with Crippen LogP contribution in [-0.2, 0) is 11.4 Å². The van der Waals surface area contributed by atoms with E-state index in [1.54, 1.807) is 4.90 Å². The SMILES string of the molecule is Cc1ccc(COc2cccc(/C=C3\SC(=S)N(C(C)C)C3=O)c2)cc1. The Morgan fingerprint density at radius 1 is 1.19 bits per heavy atom. The molecule has 1 amide bonds. The van der Waals surface area contributed by atoms with Crippen molar-refractivity contribution in [3.8, 4) is 5.75 Å². The number of ether oxygens (including phenoxy) is 1. The monoisotopic (exact) mass is 383 g/mol. The highest BCUT2D eigenvalue weighted by Gasteiger charge is 2.33. The third-order valence-electron chi connectivity index (χ3n) is 4.02. The summed E-state index contributed by atoms with van der Waals surface area (Å²) in [6.07, 6.45) is 1.88. The van der Waals surface area contributed by atoms with Gasteiger partial charge in [0, 0.05) is 6.04 Å². The van der Waals surface area contributed by atoms with Gasteiger partial charge in [-0.25, -0.2) is 0 Å². The predicted octanol–water partition coefficient (Wildman–Crippen LogP) is 5.18. The summed E-state index contributed by atoms with van der Waals surface area (Å²) in [4.78, 5) is 14.8. The van der Waals surface area contributed by atoms with Crippen molar-refractivity contribution in [2.45, 2.75) is 33.4 Å². The van der Waals surface area contributed by atoms with Gasteiger partial charge in [0.05, 0.1) is 4.91 Å². The molecule has 0 bridgehead atoms. The van der Waals surface area contributed by atoms with Crippen LogP contribution in [0.15, 0.2) is 53.4 Å². The number of amides is 1. The van der Waals surface area contributed by atoms with Gasteiger partial charge in [-0.05, 0) is 50.1 Å². The molecule has 0 spiro atoms. The molecule has 0 unspecified atom stereocenters. The number of thiocarbonyl (C=S) groups is 1. The number of hydrogen-bond acceptors (Lipinski definition) is 4. The van der Waals surface area contributed by atoms with E-state index in [1.807, 2.05) is 44.2 Å². The second-order valence-corrected chi connectivity index (χ2v) is 8.17. The first kappa shape index (κ1) is 18.7. The van der Waals surface area contributed by atoms with Crippen LogP contribution >= 0.6 is 24.0 Å². The molecule has 0 radical (unpaired) electrons. The Morgan fingerprint density at radius 2 is 1.92 bits per heavy atom. The number of aryl methyl sites for hydroxylation is 1. The van der Waals surface area contributed by atoms with Gasteiger partial charge in [0.15, 0.2) is 0 Å². The standard InChI is InChI=1S/C21H21NO2S2/c1-14(2)22-20(23)19(26-21(22)25)12-17-5-4-6-18(11-17)24-13-16-9-7-15(3)8-10-16/h4-12,14H,13H2,1-3H3/b19-12-. The fraction of sp³-hybridized carbons (Fsp3) is 0.238. The summed E-state index contributed by atoms with van der Waals surface area (Å²) in [5, 5.41) is 0. The summed E-state index contributed by atoms with van der Waals surface area (Å²) in [6.45, 7) is 6.51. The number of nitrogens with zero attached hydrogens (tertiary/aromatic N) is 1. The van der Waals surface area contributed by atoms with E-state index >= 15 is 0 Å². The number of carbonyl (C=O) groups excluding carboxylic acids is 1. The van der Waals surface area contributed by atoms with E-state index in [0.717, 1.165) is 16.9 Å². The maximum atomic E-state index is 12.5. The molecule has 134 valence electrons. The minimum atomic E-state index is -0.0269. The summed E-state index contributed by atoms with van der Waals surface area (Å²) in [7, 11) is 0. The van der Waals surface area contributed by atoms with Gasteiger partial charge in [0.25, 0.3) is 5.91 Å². The molecule has 0 aromatic heterocycles. The number of hydrogen-bond donors (Lipinski definition) is 0. The molecule has 5 heteroatoms. The predicted molar refractivity (Wildman–Crippen MR) is 112 cm³/mol. The van der Waals surface area contributed by atoms with Crippen molar-refractivity contribution in [1.82, 2.24) is 4.90 Å². The Labute approximate surface area is 164 Å². The Balaban J connectivity index is 1.72. The summed E-state index contributed by atoms with van der Waals surface area (Å²) in [5.74, 6) is 0.750. The normalized spacial score (nSPS) is 16.0. The van der Waals surface area contributed by atoms with Crippen molar-refractivity contribution >= 4 is 40.3 Å². The smallest absolute Gasteiger partial charge is 0.266 e. The van der Waals surface area contributed by atoms with Crippen LogP contribution in [0, 0.1) is 6.92 Å². The largest absolute Gasteiger partial charge is 0.489 e. The van der Waals surface area contributed by atoms with Gasteiger partial charge in [0.2, 0.25) is 0 Å². The van der Waals surface area contributed by atoms with Gasteiger partial charge in [-0.15, -0.1) is 0 Å². The van der Waals surface area contributed by atoms with Gasteiger partial charge in [-0.2, -0.15) is 0 Å². The highest BCUT2D eigenvalue weighted by Crippen LogP contribution is 2.34. The molecule has 2 aromatic rings. The Morgan fingerprint density at radius 3 is 2.58 bits per heavy atom. The zero-order valence-electron chi connectivity index (χ0n) is 15.1. The van der Waals surface area contributed by atoms with Crippen molar-refractivity contribution in [3.63, 3.8) is 0 Å². The molecule has 1 heterocycles. The van der Waals surface area contributed by atoms with Crippen molar-refractivity contribution in [2.24, 2.45) is 0 Å². The third kappa shape index (κ3) is 4.34. The number of rotatable bonds is 5. The molecule has 0 atom stereocenters. The van der Waals surface area contributed by atoms with Crippen LogP contribution in [0.5, 0.6) is 5.75 Å². The minimum absolute atomic E-state index is 0.0269. The maximum Gasteiger partial charge on any atom is 0.266 e. The molecule has 1 aliphatic rings. The fourth-order valence-corrected chi connectivity index (χ4v) is 4.15. The Hall–Kier alpha value is -2.11. The van der Waals surface area contributed by atoms with Gasteiger partial charge < -0.3 is 4.74 Å². The van der Waals surface area contributed by atoms with Crippen molar-refractivity contribution in [3.05, 3.63) is 70.1 Å². The van der Waals surface area contributed by atoms with E-state index in [0.29, 0.717) is 15.8 Å². The molecule has 3 rings (SSSR count). The average Bonchev–Trinajstić information content (AvgIpc) is 2.88. The maximum absolute atomic E-state index is 12.5. The van der Waals surface area contributed by atoms with E-state index in [9.17, 15) is 4.79 Å². The summed E-state index contributed by atoms with van der Waals surface area (Å²) >= 11 is 6.67. The number of benzene rings is 2. The summed E-state index contributed by atoms with van der Waals surface area (Å²) in [5.41, 5.74) is 3.28. The molecule has 1 fully saturated rings. The fourth-order valence-electron chi connectivity index (χ4n) is 2.62. The van der Waals surface area contributed by atoms with E-state index in [4.69, 9.17) is 17.0 Å². The van der Waals surface area contributed by atoms with E-state index in [-0.39, 0.29) is 11.9 Å². The van der Waals surface area contributed by atoms with Gasteiger partial charge in [0.1, 0.15) is 16.7 Å². The van der Waals surface area contributed by atoms with E-state index < -0.39 is 0 Å². The quantitative estimate of drug-likeness (QED) is 0.525. The molecule has 1 saturated heterocycles. The average molecular weight is 384 g/mol. The summed E-state index contributed by atoms with van der Waals surface area (Å²) < 4.78 is 6.50. The first-order valence-electron chi connectivity index (χ1n) is 8.49. The van der Waals surface area contributed by atoms with Crippen LogP contribution in [0.4, 0.5) is 0 Å². The van der Waals surface area contributed by atoms with Crippen molar-refractivity contribution in [2.75, 3.05) is 0 Å². The van der Waals surface area contributed by atoms with Crippen LogP contribution < -0.4 is 4.74 Å².